The van der Waals surface area contributed by atoms with Crippen molar-refractivity contribution in [1.29, 1.82) is 0 Å². The number of anilines is 4. The van der Waals surface area contributed by atoms with Gasteiger partial charge < -0.3 is 38.2 Å². The van der Waals surface area contributed by atoms with E-state index in [0.29, 0.717) is 52.0 Å². The number of halogens is 3. The van der Waals surface area contributed by atoms with Crippen LogP contribution in [0.3, 0.4) is 0 Å². The molecule has 69 heavy (non-hydrogen) atoms. The molecule has 0 amide bonds. The van der Waals surface area contributed by atoms with Crippen LogP contribution in [0.25, 0.3) is 0 Å². The molecule has 7 rings (SSSR count). The van der Waals surface area contributed by atoms with E-state index in [9.17, 15) is 22.8 Å². The molecule has 0 aliphatic heterocycles. The van der Waals surface area contributed by atoms with Crippen LogP contribution in [0, 0.1) is 17.5 Å². The van der Waals surface area contributed by atoms with Gasteiger partial charge in [-0.2, -0.15) is 0 Å². The van der Waals surface area contributed by atoms with Gasteiger partial charge in [0, 0.05) is 47.0 Å². The Labute approximate surface area is 403 Å². The van der Waals surface area contributed by atoms with Crippen LogP contribution >= 0.6 is 0 Å². The van der Waals surface area contributed by atoms with Crippen LogP contribution in [0.2, 0.25) is 0 Å². The average molecular weight is 947 g/mol. The number of benzene rings is 6. The topological polar surface area (TPSA) is 96.0 Å². The molecule has 1 aliphatic rings. The number of methoxy groups -OCH3 is 3. The first kappa shape index (κ1) is 51.2. The molecule has 6 aromatic rings. The van der Waals surface area contributed by atoms with Gasteiger partial charge in [0.1, 0.15) is 28.7 Å². The molecule has 1 saturated carbocycles. The van der Waals surface area contributed by atoms with Gasteiger partial charge in [0.25, 0.3) is 0 Å². The second-order valence-corrected chi connectivity index (χ2v) is 18.5. The van der Waals surface area contributed by atoms with Crippen LogP contribution in [0.1, 0.15) is 99.1 Å². The fourth-order valence-corrected chi connectivity index (χ4v) is 7.70. The van der Waals surface area contributed by atoms with Gasteiger partial charge in [-0.05, 0) is 158 Å². The average Bonchev–Trinajstić information content (AvgIpc) is 3.83. The molecule has 1 fully saturated rings. The summed E-state index contributed by atoms with van der Waals surface area (Å²) in [4.78, 5) is 29.1. The van der Waals surface area contributed by atoms with Crippen LogP contribution in [0.4, 0.5) is 35.9 Å². The van der Waals surface area contributed by atoms with Crippen molar-refractivity contribution >= 4 is 34.7 Å². The Morgan fingerprint density at radius 2 is 0.971 bits per heavy atom. The van der Waals surface area contributed by atoms with Crippen molar-refractivity contribution in [3.8, 4) is 23.0 Å². The van der Waals surface area contributed by atoms with Gasteiger partial charge in [-0.25, -0.2) is 22.8 Å². The van der Waals surface area contributed by atoms with Gasteiger partial charge in [0.15, 0.2) is 23.0 Å². The second-order valence-electron chi connectivity index (χ2n) is 18.5. The molecule has 0 bridgehead atoms. The molecule has 0 unspecified atom stereocenters. The lowest BCUT2D eigenvalue weighted by Gasteiger charge is -2.27. The number of ether oxygens (including phenoxy) is 6. The Morgan fingerprint density at radius 1 is 0.522 bits per heavy atom. The van der Waals surface area contributed by atoms with Crippen molar-refractivity contribution < 1.29 is 51.2 Å². The monoisotopic (exact) mass is 946 g/mol. The zero-order valence-electron chi connectivity index (χ0n) is 40.7. The minimum atomic E-state index is -0.663. The minimum absolute atomic E-state index is 0.102. The van der Waals surface area contributed by atoms with E-state index in [0.717, 1.165) is 42.6 Å². The maximum absolute atomic E-state index is 14.5. The van der Waals surface area contributed by atoms with Crippen LogP contribution in [0.5, 0.6) is 23.0 Å². The van der Waals surface area contributed by atoms with Crippen molar-refractivity contribution in [2.45, 2.75) is 97.6 Å². The molecular formula is C56H61F3N2O8. The van der Waals surface area contributed by atoms with Crippen LogP contribution in [0.15, 0.2) is 127 Å². The molecule has 0 heterocycles. The first-order chi connectivity index (χ1) is 32.8. The molecule has 0 N–H and O–H groups in total. The lowest BCUT2D eigenvalue weighted by Crippen LogP contribution is -2.24. The Kier molecular flexibility index (Phi) is 16.9. The third-order valence-electron chi connectivity index (χ3n) is 10.9. The molecule has 10 nitrogen and oxygen atoms in total. The smallest absolute Gasteiger partial charge is 0.338 e. The van der Waals surface area contributed by atoms with E-state index < -0.39 is 34.8 Å². The fourth-order valence-electron chi connectivity index (χ4n) is 7.70. The van der Waals surface area contributed by atoms with E-state index in [1.807, 2.05) is 62.1 Å². The number of hydrogen-bond acceptors (Lipinski definition) is 10. The van der Waals surface area contributed by atoms with E-state index in [-0.39, 0.29) is 24.0 Å². The molecule has 13 heteroatoms. The Hall–Kier alpha value is -7.15. The van der Waals surface area contributed by atoms with Gasteiger partial charge >= 0.3 is 11.9 Å². The number of carbonyl (C=O) groups excluding carboxylic acids is 2. The van der Waals surface area contributed by atoms with Gasteiger partial charge in [-0.3, -0.25) is 0 Å². The summed E-state index contributed by atoms with van der Waals surface area (Å²) in [5.74, 6) is -0.197. The molecule has 0 radical (unpaired) electrons. The van der Waals surface area contributed by atoms with Crippen LogP contribution in [-0.2, 0) is 22.6 Å². The van der Waals surface area contributed by atoms with Gasteiger partial charge in [-0.15, -0.1) is 0 Å². The first-order valence-corrected chi connectivity index (χ1v) is 22.8. The van der Waals surface area contributed by atoms with Crippen molar-refractivity contribution in [2.24, 2.45) is 0 Å². The summed E-state index contributed by atoms with van der Waals surface area (Å²) in [5.41, 5.74) is 2.97. The third kappa shape index (κ3) is 14.2. The summed E-state index contributed by atoms with van der Waals surface area (Å²) in [7, 11) is 4.66. The predicted molar refractivity (Wildman–Crippen MR) is 263 cm³/mol. The summed E-state index contributed by atoms with van der Waals surface area (Å²) in [6, 6.07) is 35.2. The largest absolute Gasteiger partial charge is 0.493 e. The molecule has 6 aromatic carbocycles. The minimum Gasteiger partial charge on any atom is -0.493 e. The Balaban J connectivity index is 0.000000228. The maximum atomic E-state index is 14.5. The Bertz CT molecular complexity index is 2690. The van der Waals surface area contributed by atoms with Crippen LogP contribution < -0.4 is 28.7 Å². The van der Waals surface area contributed by atoms with Crippen molar-refractivity contribution in [3.05, 3.63) is 167 Å². The number of nitrogens with zero attached hydrogens (tertiary/aromatic N) is 2. The molecule has 0 saturated heterocycles. The number of esters is 2. The van der Waals surface area contributed by atoms with Gasteiger partial charge in [0.2, 0.25) is 0 Å². The van der Waals surface area contributed by atoms with Crippen molar-refractivity contribution in [2.75, 3.05) is 31.1 Å². The molecule has 364 valence electrons. The fraction of sp³-hybridized carbons (Fsp3) is 0.321. The highest BCUT2D eigenvalue weighted by molar-refractivity contribution is 5.92. The van der Waals surface area contributed by atoms with E-state index in [1.165, 1.54) is 44.6 Å². The molecule has 0 aromatic heterocycles. The first-order valence-electron chi connectivity index (χ1n) is 22.8. The molecule has 1 aliphatic carbocycles. The quantitative estimate of drug-likeness (QED) is 0.0926. The maximum Gasteiger partial charge on any atom is 0.338 e. The molecule has 0 atom stereocenters. The predicted octanol–water partition coefficient (Wildman–Crippen LogP) is 13.7. The normalized spacial score (nSPS) is 12.6. The van der Waals surface area contributed by atoms with Gasteiger partial charge in [-0.1, -0.05) is 30.3 Å². The van der Waals surface area contributed by atoms with Crippen molar-refractivity contribution in [3.63, 3.8) is 0 Å². The lowest BCUT2D eigenvalue weighted by atomic mass is 10.1. The van der Waals surface area contributed by atoms with Crippen LogP contribution in [-0.4, -0.2) is 50.6 Å². The number of rotatable bonds is 15. The standard InChI is InChI=1S/C30H34FNO4.C26H27F2NO4/c1-30(2,3)36-29(33)22-10-8-12-24(18-22)32(20-21-9-7-11-23(31)17-21)25-15-16-27(34-4)28(19-25)35-26-13-5-6-14-26;1-26(2,3)33-25(30)17-8-6-9-18(14-17)29(16-20-21(27)10-7-11-22(20)28)19-12-13-23(31-4)24(15-19)32-5/h7-12,15-19,26H,5-6,13-14,20H2,1-4H3;6-15H,16H2,1-5H3. The Morgan fingerprint density at radius 3 is 1.46 bits per heavy atom. The summed E-state index contributed by atoms with van der Waals surface area (Å²) < 4.78 is 76.7. The lowest BCUT2D eigenvalue weighted by molar-refractivity contribution is 0.00571. The summed E-state index contributed by atoms with van der Waals surface area (Å²) in [6.45, 7) is 11.1. The van der Waals surface area contributed by atoms with E-state index in [4.69, 9.17) is 28.4 Å². The number of hydrogen-bond donors (Lipinski definition) is 0. The highest BCUT2D eigenvalue weighted by Gasteiger charge is 2.24. The zero-order chi connectivity index (χ0) is 49.9. The molecular weight excluding hydrogens is 886 g/mol. The zero-order valence-corrected chi connectivity index (χ0v) is 40.7. The highest BCUT2D eigenvalue weighted by atomic mass is 19.1. The van der Waals surface area contributed by atoms with Crippen molar-refractivity contribution in [1.82, 2.24) is 0 Å². The number of carbonyl (C=O) groups is 2. The highest BCUT2D eigenvalue weighted by Crippen LogP contribution is 2.39. The van der Waals surface area contributed by atoms with Gasteiger partial charge in [0.05, 0.1) is 45.1 Å². The SMILES string of the molecule is COc1ccc(N(Cc2c(F)cccc2F)c2cccc(C(=O)OC(C)(C)C)c2)cc1OC.COc1ccc(N(Cc2cccc(F)c2)c2cccc(C(=O)OC(C)(C)C)c2)cc1OC1CCCC1. The summed E-state index contributed by atoms with van der Waals surface area (Å²) in [6.07, 6.45) is 4.55. The second kappa shape index (κ2) is 22.8. The molecule has 0 spiro atoms. The van der Waals surface area contributed by atoms with E-state index in [1.54, 1.807) is 93.4 Å². The van der Waals surface area contributed by atoms with E-state index >= 15 is 0 Å². The summed E-state index contributed by atoms with van der Waals surface area (Å²) >= 11 is 0. The summed E-state index contributed by atoms with van der Waals surface area (Å²) in [5, 5.41) is 0. The van der Waals surface area contributed by atoms with E-state index in [2.05, 4.69) is 0 Å². The third-order valence-corrected chi connectivity index (χ3v) is 10.9.